The number of hydrogen-bond acceptors (Lipinski definition) is 2. The number of hydrogen-bond donors (Lipinski definition) is 1. The maximum Gasteiger partial charge on any atom is 0.0606 e. The molecule has 1 N–H and O–H groups in total. The van der Waals surface area contributed by atoms with Crippen LogP contribution in [0.3, 0.4) is 0 Å². The monoisotopic (exact) mass is 205 g/mol. The summed E-state index contributed by atoms with van der Waals surface area (Å²) in [5.74, 6) is 0. The van der Waals surface area contributed by atoms with Crippen LogP contribution < -0.4 is 5.32 Å². The van der Waals surface area contributed by atoms with Crippen LogP contribution in [0.25, 0.3) is 6.08 Å². The maximum atomic E-state index is 4.22. The Balaban J connectivity index is 1.72. The van der Waals surface area contributed by atoms with Gasteiger partial charge in [-0.25, -0.2) is 0 Å². The van der Waals surface area contributed by atoms with Gasteiger partial charge in [0.25, 0.3) is 0 Å². The summed E-state index contributed by atoms with van der Waals surface area (Å²) >= 11 is 0. The molecule has 0 aliphatic heterocycles. The van der Waals surface area contributed by atoms with E-state index in [1.54, 1.807) is 0 Å². The van der Waals surface area contributed by atoms with Crippen molar-refractivity contribution in [3.63, 3.8) is 0 Å². The van der Waals surface area contributed by atoms with Gasteiger partial charge in [0.05, 0.1) is 5.69 Å². The average Bonchev–Trinajstić information content (AvgIpc) is 2.96. The summed E-state index contributed by atoms with van der Waals surface area (Å²) in [5.41, 5.74) is 1.20. The fraction of sp³-hybridized carbons (Fsp3) is 0.583. The van der Waals surface area contributed by atoms with Crippen molar-refractivity contribution in [1.82, 2.24) is 15.1 Å². The van der Waals surface area contributed by atoms with E-state index in [1.165, 1.54) is 18.5 Å². The summed E-state index contributed by atoms with van der Waals surface area (Å²) in [6, 6.07) is 2.87. The second-order valence-corrected chi connectivity index (χ2v) is 3.99. The molecule has 0 bridgehead atoms. The molecule has 0 amide bonds. The molecule has 0 unspecified atom stereocenters. The van der Waals surface area contributed by atoms with Gasteiger partial charge < -0.3 is 5.32 Å². The highest BCUT2D eigenvalue weighted by atomic mass is 15.3. The Morgan fingerprint density at radius 3 is 3.20 bits per heavy atom. The van der Waals surface area contributed by atoms with Crippen molar-refractivity contribution >= 4 is 6.08 Å². The first-order chi connectivity index (χ1) is 7.40. The molecular formula is C12H19N3. The van der Waals surface area contributed by atoms with Crippen molar-refractivity contribution in [1.29, 1.82) is 0 Å². The molecule has 2 rings (SSSR count). The van der Waals surface area contributed by atoms with Gasteiger partial charge in [0.2, 0.25) is 0 Å². The van der Waals surface area contributed by atoms with Crippen LogP contribution in [0.5, 0.6) is 0 Å². The van der Waals surface area contributed by atoms with Gasteiger partial charge in [-0.15, -0.1) is 0 Å². The quantitative estimate of drug-likeness (QED) is 0.720. The van der Waals surface area contributed by atoms with Crippen molar-refractivity contribution in [2.45, 2.75) is 38.8 Å². The predicted octanol–water partition coefficient (Wildman–Crippen LogP) is 2.06. The molecule has 15 heavy (non-hydrogen) atoms. The van der Waals surface area contributed by atoms with E-state index < -0.39 is 0 Å². The standard InChI is InChI=1S/C12H19N3/c1-2-15-12(8-10-14-15)5-3-4-9-13-11-6-7-11/h3,5,8,10-11,13H,2,4,6-7,9H2,1H3. The van der Waals surface area contributed by atoms with Crippen LogP contribution in [0.15, 0.2) is 18.3 Å². The molecule has 1 aliphatic rings. The molecular weight excluding hydrogens is 186 g/mol. The van der Waals surface area contributed by atoms with Crippen molar-refractivity contribution in [2.24, 2.45) is 0 Å². The lowest BCUT2D eigenvalue weighted by molar-refractivity contribution is 0.653. The van der Waals surface area contributed by atoms with Gasteiger partial charge in [0.15, 0.2) is 0 Å². The molecule has 0 atom stereocenters. The van der Waals surface area contributed by atoms with Gasteiger partial charge in [-0.3, -0.25) is 4.68 Å². The summed E-state index contributed by atoms with van der Waals surface area (Å²) < 4.78 is 2.00. The number of aryl methyl sites for hydroxylation is 1. The van der Waals surface area contributed by atoms with E-state index in [-0.39, 0.29) is 0 Å². The minimum Gasteiger partial charge on any atom is -0.314 e. The highest BCUT2D eigenvalue weighted by Crippen LogP contribution is 2.18. The Bertz CT molecular complexity index is 323. The largest absolute Gasteiger partial charge is 0.314 e. The van der Waals surface area contributed by atoms with E-state index in [0.717, 1.165) is 25.6 Å². The van der Waals surface area contributed by atoms with Gasteiger partial charge in [0.1, 0.15) is 0 Å². The second-order valence-electron chi connectivity index (χ2n) is 3.99. The van der Waals surface area contributed by atoms with Crippen LogP contribution in [0, 0.1) is 0 Å². The molecule has 82 valence electrons. The van der Waals surface area contributed by atoms with Gasteiger partial charge in [0, 0.05) is 18.8 Å². The van der Waals surface area contributed by atoms with Crippen LogP contribution in [0.1, 0.15) is 31.9 Å². The van der Waals surface area contributed by atoms with E-state index in [0.29, 0.717) is 0 Å². The third kappa shape index (κ3) is 3.20. The van der Waals surface area contributed by atoms with E-state index >= 15 is 0 Å². The van der Waals surface area contributed by atoms with Gasteiger partial charge >= 0.3 is 0 Å². The second kappa shape index (κ2) is 5.12. The number of nitrogens with one attached hydrogen (secondary N) is 1. The number of aromatic nitrogens is 2. The van der Waals surface area contributed by atoms with Crippen LogP contribution in [-0.4, -0.2) is 22.4 Å². The molecule has 3 heteroatoms. The zero-order chi connectivity index (χ0) is 10.5. The SMILES string of the molecule is CCn1nccc1C=CCCNC1CC1. The summed E-state index contributed by atoms with van der Waals surface area (Å²) in [4.78, 5) is 0. The summed E-state index contributed by atoms with van der Waals surface area (Å²) in [6.07, 6.45) is 10.1. The molecule has 1 fully saturated rings. The third-order valence-electron chi connectivity index (χ3n) is 2.66. The molecule has 0 spiro atoms. The van der Waals surface area contributed by atoms with Gasteiger partial charge in [-0.2, -0.15) is 5.10 Å². The number of nitrogens with zero attached hydrogens (tertiary/aromatic N) is 2. The molecule has 1 saturated carbocycles. The highest BCUT2D eigenvalue weighted by molar-refractivity contribution is 5.44. The molecule has 0 saturated heterocycles. The lowest BCUT2D eigenvalue weighted by Gasteiger charge is -1.99. The zero-order valence-electron chi connectivity index (χ0n) is 9.32. The third-order valence-corrected chi connectivity index (χ3v) is 2.66. The molecule has 1 aromatic rings. The molecule has 3 nitrogen and oxygen atoms in total. The van der Waals surface area contributed by atoms with E-state index in [1.807, 2.05) is 16.9 Å². The van der Waals surface area contributed by atoms with Crippen LogP contribution in [0.4, 0.5) is 0 Å². The van der Waals surface area contributed by atoms with Crippen molar-refractivity contribution in [3.05, 3.63) is 24.0 Å². The van der Waals surface area contributed by atoms with E-state index in [2.05, 4.69) is 29.5 Å². The Morgan fingerprint density at radius 1 is 1.60 bits per heavy atom. The topological polar surface area (TPSA) is 29.9 Å². The average molecular weight is 205 g/mol. The lowest BCUT2D eigenvalue weighted by atomic mass is 10.3. The summed E-state index contributed by atoms with van der Waals surface area (Å²) in [6.45, 7) is 4.15. The normalized spacial score (nSPS) is 16.3. The maximum absolute atomic E-state index is 4.22. The molecule has 1 aliphatic carbocycles. The number of rotatable bonds is 6. The minimum absolute atomic E-state index is 0.819. The zero-order valence-corrected chi connectivity index (χ0v) is 9.32. The molecule has 0 aromatic carbocycles. The Hall–Kier alpha value is -1.09. The molecule has 1 heterocycles. The van der Waals surface area contributed by atoms with Crippen molar-refractivity contribution < 1.29 is 0 Å². The highest BCUT2D eigenvalue weighted by Gasteiger charge is 2.19. The Kier molecular flexibility index (Phi) is 3.56. The van der Waals surface area contributed by atoms with Crippen LogP contribution >= 0.6 is 0 Å². The molecule has 1 aromatic heterocycles. The van der Waals surface area contributed by atoms with Gasteiger partial charge in [-0.05, 0) is 44.9 Å². The lowest BCUT2D eigenvalue weighted by Crippen LogP contribution is -2.16. The smallest absolute Gasteiger partial charge is 0.0606 e. The van der Waals surface area contributed by atoms with Crippen LogP contribution in [-0.2, 0) is 6.54 Å². The summed E-state index contributed by atoms with van der Waals surface area (Å²) in [7, 11) is 0. The van der Waals surface area contributed by atoms with E-state index in [9.17, 15) is 0 Å². The van der Waals surface area contributed by atoms with E-state index in [4.69, 9.17) is 0 Å². The van der Waals surface area contributed by atoms with Crippen LogP contribution in [0.2, 0.25) is 0 Å². The first-order valence-electron chi connectivity index (χ1n) is 5.82. The van der Waals surface area contributed by atoms with Crippen molar-refractivity contribution in [3.8, 4) is 0 Å². The fourth-order valence-corrected chi connectivity index (χ4v) is 1.61. The Morgan fingerprint density at radius 2 is 2.47 bits per heavy atom. The first kappa shape index (κ1) is 10.4. The summed E-state index contributed by atoms with van der Waals surface area (Å²) in [5, 5.41) is 7.71. The fourth-order valence-electron chi connectivity index (χ4n) is 1.61. The Labute approximate surface area is 91.2 Å². The van der Waals surface area contributed by atoms with Crippen molar-refractivity contribution in [2.75, 3.05) is 6.54 Å². The van der Waals surface area contributed by atoms with Gasteiger partial charge in [-0.1, -0.05) is 6.08 Å². The predicted molar refractivity (Wildman–Crippen MR) is 62.6 cm³/mol. The first-order valence-corrected chi connectivity index (χ1v) is 5.82. The molecule has 0 radical (unpaired) electrons. The minimum atomic E-state index is 0.819.